The molecule has 0 bridgehead atoms. The largest absolute Gasteiger partial charge is 0.480 e. The molecule has 0 radical (unpaired) electrons. The topological polar surface area (TPSA) is 105 Å². The molecule has 7 nitrogen and oxygen atoms in total. The summed E-state index contributed by atoms with van der Waals surface area (Å²) in [5.41, 5.74) is -0.662. The molecular weight excluding hydrogens is 276 g/mol. The molecule has 2 atom stereocenters. The fourth-order valence-corrected chi connectivity index (χ4v) is 2.22. The molecule has 2 amide bonds. The van der Waals surface area contributed by atoms with Gasteiger partial charge in [-0.05, 0) is 31.8 Å². The van der Waals surface area contributed by atoms with Crippen molar-refractivity contribution in [3.8, 4) is 0 Å². The number of carbonyl (C=O) groups is 3. The Kier molecular flexibility index (Phi) is 6.20. The van der Waals surface area contributed by atoms with Gasteiger partial charge in [-0.2, -0.15) is 0 Å². The smallest absolute Gasteiger partial charge is 0.407 e. The summed E-state index contributed by atoms with van der Waals surface area (Å²) in [6.45, 7) is 1.42. The minimum Gasteiger partial charge on any atom is -0.480 e. The molecule has 3 N–H and O–H groups in total. The van der Waals surface area contributed by atoms with Crippen molar-refractivity contribution >= 4 is 18.0 Å². The molecule has 0 fully saturated rings. The monoisotopic (exact) mass is 298 g/mol. The number of amides is 2. The van der Waals surface area contributed by atoms with Crippen LogP contribution in [0.15, 0.2) is 12.2 Å². The van der Waals surface area contributed by atoms with Crippen LogP contribution < -0.4 is 10.6 Å². The summed E-state index contributed by atoms with van der Waals surface area (Å²) in [7, 11) is 1.48. The van der Waals surface area contributed by atoms with E-state index in [2.05, 4.69) is 10.6 Å². The summed E-state index contributed by atoms with van der Waals surface area (Å²) in [6, 6.07) is 0. The van der Waals surface area contributed by atoms with E-state index < -0.39 is 17.5 Å². The molecule has 0 saturated carbocycles. The van der Waals surface area contributed by atoms with Crippen molar-refractivity contribution in [3.63, 3.8) is 0 Å². The minimum atomic E-state index is -1.07. The van der Waals surface area contributed by atoms with E-state index in [-0.39, 0.29) is 18.6 Å². The number of rotatable bonds is 4. The van der Waals surface area contributed by atoms with Gasteiger partial charge in [0.1, 0.15) is 12.6 Å². The van der Waals surface area contributed by atoms with Gasteiger partial charge in [0, 0.05) is 12.5 Å². The van der Waals surface area contributed by atoms with Gasteiger partial charge in [-0.3, -0.25) is 9.59 Å². The fourth-order valence-electron chi connectivity index (χ4n) is 2.22. The Morgan fingerprint density at radius 3 is 2.71 bits per heavy atom. The van der Waals surface area contributed by atoms with Crippen molar-refractivity contribution in [1.29, 1.82) is 0 Å². The van der Waals surface area contributed by atoms with Crippen LogP contribution in [0.1, 0.15) is 32.6 Å². The standard InChI is InChI=1S/C14H22N2O5/c1-14(12(19)16-9-11(17)18)7-4-3-5-10(6-8-14)21-13(20)15-2/h3,5,10H,4,6-9H2,1-2H3,(H,15,20)(H,16,19)(H,17,18)/b5-3+/t10-,14+/m1/s1. The summed E-state index contributed by atoms with van der Waals surface area (Å²) in [5, 5.41) is 13.4. The molecule has 0 aromatic heterocycles. The van der Waals surface area contributed by atoms with Crippen LogP contribution in [0.4, 0.5) is 4.79 Å². The number of hydrogen-bond acceptors (Lipinski definition) is 4. The Morgan fingerprint density at radius 2 is 2.10 bits per heavy atom. The average molecular weight is 298 g/mol. The molecule has 21 heavy (non-hydrogen) atoms. The van der Waals surface area contributed by atoms with Crippen molar-refractivity contribution in [2.24, 2.45) is 5.41 Å². The highest BCUT2D eigenvalue weighted by Gasteiger charge is 2.34. The minimum absolute atomic E-state index is 0.279. The molecule has 0 aromatic rings. The lowest BCUT2D eigenvalue weighted by molar-refractivity contribution is -0.140. The van der Waals surface area contributed by atoms with E-state index in [0.717, 1.165) is 0 Å². The maximum absolute atomic E-state index is 12.2. The van der Waals surface area contributed by atoms with Crippen LogP contribution in [-0.4, -0.2) is 42.8 Å². The first-order valence-corrected chi connectivity index (χ1v) is 6.92. The van der Waals surface area contributed by atoms with Crippen molar-refractivity contribution < 1.29 is 24.2 Å². The van der Waals surface area contributed by atoms with E-state index in [1.54, 1.807) is 6.92 Å². The van der Waals surface area contributed by atoms with E-state index in [1.165, 1.54) is 7.05 Å². The molecular formula is C14H22N2O5. The third kappa shape index (κ3) is 5.45. The first kappa shape index (κ1) is 17.0. The van der Waals surface area contributed by atoms with Gasteiger partial charge in [-0.1, -0.05) is 13.0 Å². The van der Waals surface area contributed by atoms with Gasteiger partial charge < -0.3 is 20.5 Å². The molecule has 0 saturated heterocycles. The van der Waals surface area contributed by atoms with Crippen molar-refractivity contribution in [2.75, 3.05) is 13.6 Å². The predicted molar refractivity (Wildman–Crippen MR) is 75.7 cm³/mol. The summed E-state index contributed by atoms with van der Waals surface area (Å²) in [6.07, 6.45) is 5.15. The first-order chi connectivity index (χ1) is 9.87. The number of carboxylic acids is 1. The molecule has 1 rings (SSSR count). The van der Waals surface area contributed by atoms with Gasteiger partial charge in [-0.15, -0.1) is 0 Å². The molecule has 0 aromatic carbocycles. The Bertz CT molecular complexity index is 435. The number of nitrogens with one attached hydrogen (secondary N) is 2. The zero-order valence-corrected chi connectivity index (χ0v) is 12.3. The lowest BCUT2D eigenvalue weighted by Gasteiger charge is -2.30. The Morgan fingerprint density at radius 1 is 1.38 bits per heavy atom. The highest BCUT2D eigenvalue weighted by atomic mass is 16.6. The molecule has 1 aliphatic rings. The van der Waals surface area contributed by atoms with E-state index in [4.69, 9.17) is 9.84 Å². The van der Waals surface area contributed by atoms with E-state index in [1.807, 2.05) is 12.2 Å². The number of alkyl carbamates (subject to hydrolysis) is 1. The third-order valence-electron chi connectivity index (χ3n) is 3.61. The average Bonchev–Trinajstić information content (AvgIpc) is 2.43. The van der Waals surface area contributed by atoms with Gasteiger partial charge in [-0.25, -0.2) is 4.79 Å². The van der Waals surface area contributed by atoms with Gasteiger partial charge in [0.25, 0.3) is 0 Å². The molecule has 0 heterocycles. The van der Waals surface area contributed by atoms with E-state index in [9.17, 15) is 14.4 Å². The summed E-state index contributed by atoms with van der Waals surface area (Å²) in [4.78, 5) is 33.9. The molecule has 1 aliphatic carbocycles. The maximum atomic E-state index is 12.2. The number of hydrogen-bond donors (Lipinski definition) is 3. The predicted octanol–water partition coefficient (Wildman–Crippen LogP) is 1.05. The highest BCUT2D eigenvalue weighted by Crippen LogP contribution is 2.32. The quantitative estimate of drug-likeness (QED) is 0.673. The second kappa shape index (κ2) is 7.66. The van der Waals surface area contributed by atoms with E-state index >= 15 is 0 Å². The van der Waals surface area contributed by atoms with Crippen LogP contribution in [0.3, 0.4) is 0 Å². The molecule has 0 spiro atoms. The van der Waals surface area contributed by atoms with Crippen LogP contribution in [0.2, 0.25) is 0 Å². The maximum Gasteiger partial charge on any atom is 0.407 e. The summed E-state index contributed by atoms with van der Waals surface area (Å²) >= 11 is 0. The fraction of sp³-hybridized carbons (Fsp3) is 0.643. The summed E-state index contributed by atoms with van der Waals surface area (Å²) in [5.74, 6) is -1.35. The Labute approximate surface area is 123 Å². The second-order valence-electron chi connectivity index (χ2n) is 5.34. The van der Waals surface area contributed by atoms with Crippen LogP contribution in [-0.2, 0) is 14.3 Å². The lowest BCUT2D eigenvalue weighted by atomic mass is 9.78. The number of allylic oxidation sites excluding steroid dienone is 1. The van der Waals surface area contributed by atoms with Crippen molar-refractivity contribution in [3.05, 3.63) is 12.2 Å². The number of ether oxygens (including phenoxy) is 1. The van der Waals surface area contributed by atoms with Crippen LogP contribution in [0.5, 0.6) is 0 Å². The number of carbonyl (C=O) groups excluding carboxylic acids is 2. The van der Waals surface area contributed by atoms with Gasteiger partial charge in [0.2, 0.25) is 5.91 Å². The van der Waals surface area contributed by atoms with Gasteiger partial charge in [0.05, 0.1) is 0 Å². The Balaban J connectivity index is 2.65. The van der Waals surface area contributed by atoms with Crippen LogP contribution in [0.25, 0.3) is 0 Å². The van der Waals surface area contributed by atoms with Crippen LogP contribution in [0, 0.1) is 5.41 Å². The Hall–Kier alpha value is -2.05. The lowest BCUT2D eigenvalue weighted by Crippen LogP contribution is -2.42. The first-order valence-electron chi connectivity index (χ1n) is 6.92. The summed E-state index contributed by atoms with van der Waals surface area (Å²) < 4.78 is 5.18. The molecule has 0 aliphatic heterocycles. The zero-order valence-electron chi connectivity index (χ0n) is 12.3. The second-order valence-corrected chi connectivity index (χ2v) is 5.34. The normalized spacial score (nSPS) is 26.9. The van der Waals surface area contributed by atoms with Gasteiger partial charge in [0.15, 0.2) is 0 Å². The SMILES string of the molecule is CNC(=O)O[C@@H]1/C=C/CC[C@](C)(C(=O)NCC(=O)O)CC1. The van der Waals surface area contributed by atoms with E-state index in [0.29, 0.717) is 25.7 Å². The number of aliphatic carboxylic acids is 1. The zero-order chi connectivity index (χ0) is 15.9. The van der Waals surface area contributed by atoms with Crippen molar-refractivity contribution in [2.45, 2.75) is 38.7 Å². The molecule has 7 heteroatoms. The van der Waals surface area contributed by atoms with Gasteiger partial charge >= 0.3 is 12.1 Å². The molecule has 0 unspecified atom stereocenters. The highest BCUT2D eigenvalue weighted by molar-refractivity contribution is 5.85. The third-order valence-corrected chi connectivity index (χ3v) is 3.61. The van der Waals surface area contributed by atoms with Crippen molar-refractivity contribution in [1.82, 2.24) is 10.6 Å². The molecule has 118 valence electrons. The van der Waals surface area contributed by atoms with Crippen LogP contribution >= 0.6 is 0 Å². The number of carboxylic acid groups (broad SMARTS) is 1.